The number of rotatable bonds is 3. The third-order valence-corrected chi connectivity index (χ3v) is 12.8. The van der Waals surface area contributed by atoms with Crippen molar-refractivity contribution in [2.45, 2.75) is 94.3 Å². The summed E-state index contributed by atoms with van der Waals surface area (Å²) in [5, 5.41) is 10.9. The molecule has 9 heteroatoms. The number of carbonyl (C=O) groups excluding carboxylic acids is 3. The summed E-state index contributed by atoms with van der Waals surface area (Å²) >= 11 is 0.939. The smallest absolute Gasteiger partial charge is 0.319 e. The second-order valence-corrected chi connectivity index (χ2v) is 14.6. The summed E-state index contributed by atoms with van der Waals surface area (Å²) in [5.41, 5.74) is -3.79. The van der Waals surface area contributed by atoms with Crippen molar-refractivity contribution < 1.29 is 38.1 Å². The highest BCUT2D eigenvalue weighted by molar-refractivity contribution is 8.14. The van der Waals surface area contributed by atoms with Gasteiger partial charge in [0.2, 0.25) is 5.12 Å². The van der Waals surface area contributed by atoms with Crippen LogP contribution in [0, 0.1) is 28.6 Å². The van der Waals surface area contributed by atoms with Crippen LogP contribution in [0.15, 0.2) is 42.0 Å². The third-order valence-electron chi connectivity index (χ3n) is 11.6. The maximum atomic E-state index is 17.8. The van der Waals surface area contributed by atoms with Gasteiger partial charge in [-0.25, -0.2) is 4.39 Å². The zero-order valence-electron chi connectivity index (χ0n) is 23.6. The molecule has 1 aromatic carbocycles. The van der Waals surface area contributed by atoms with E-state index in [1.165, 1.54) is 0 Å². The van der Waals surface area contributed by atoms with Gasteiger partial charge in [-0.15, -0.1) is 0 Å². The second kappa shape index (κ2) is 9.21. The Kier molecular flexibility index (Phi) is 6.23. The van der Waals surface area contributed by atoms with Gasteiger partial charge in [-0.1, -0.05) is 68.4 Å². The number of esters is 1. The van der Waals surface area contributed by atoms with E-state index < -0.39 is 57.7 Å². The van der Waals surface area contributed by atoms with Crippen LogP contribution in [0.2, 0.25) is 0 Å². The van der Waals surface area contributed by atoms with Crippen LogP contribution in [-0.4, -0.2) is 57.3 Å². The van der Waals surface area contributed by atoms with Crippen LogP contribution in [0.4, 0.5) is 4.39 Å². The molecule has 0 amide bonds. The number of allylic oxidation sites excluding steroid dienone is 1. The Balaban J connectivity index is 1.32. The van der Waals surface area contributed by atoms with E-state index in [0.717, 1.165) is 22.9 Å². The van der Waals surface area contributed by atoms with Gasteiger partial charge >= 0.3 is 5.97 Å². The van der Waals surface area contributed by atoms with Crippen molar-refractivity contribution in [3.63, 3.8) is 0 Å². The summed E-state index contributed by atoms with van der Waals surface area (Å²) in [6.45, 7) is 6.13. The summed E-state index contributed by atoms with van der Waals surface area (Å²) < 4.78 is 36.2. The molecule has 2 aliphatic heterocycles. The number of fused-ring (bicyclic) bond motifs is 7. The highest BCUT2D eigenvalue weighted by atomic mass is 32.2. The summed E-state index contributed by atoms with van der Waals surface area (Å²) in [5.74, 6) is -1.31. The highest BCUT2D eigenvalue weighted by Crippen LogP contribution is 2.74. The summed E-state index contributed by atoms with van der Waals surface area (Å²) in [6.07, 6.45) is 0.712. The molecule has 2 heterocycles. The van der Waals surface area contributed by atoms with Crippen LogP contribution in [0.25, 0.3) is 0 Å². The first-order valence-electron chi connectivity index (χ1n) is 14.8. The van der Waals surface area contributed by atoms with Gasteiger partial charge in [0.05, 0.1) is 18.8 Å². The Morgan fingerprint density at radius 3 is 2.59 bits per heavy atom. The van der Waals surface area contributed by atoms with Gasteiger partial charge in [0, 0.05) is 35.2 Å². The van der Waals surface area contributed by atoms with E-state index in [-0.39, 0.29) is 42.2 Å². The molecule has 11 atom stereocenters. The van der Waals surface area contributed by atoms with Crippen LogP contribution in [0.5, 0.6) is 0 Å². The molecule has 1 aromatic rings. The SMILES string of the molecule is C[C@H]1CC2C3C[C@H]4O[C@@H](c5ccccc5)O[C@@]4(C(=O)S[C@H]4CCOC4=O)[C@@]3(C)C[C@H](O)[C@]2(F)[C@@]2(C)CCC(=O)C=C12. The number of aliphatic hydroxyl groups is 1. The van der Waals surface area contributed by atoms with E-state index in [0.29, 0.717) is 25.7 Å². The van der Waals surface area contributed by atoms with Crippen LogP contribution in [0.3, 0.4) is 0 Å². The number of hydrogen-bond acceptors (Lipinski definition) is 8. The first kappa shape index (κ1) is 27.7. The fraction of sp³-hybridized carbons (Fsp3) is 0.656. The number of halogens is 1. The Hall–Kier alpha value is -2.07. The predicted octanol–water partition coefficient (Wildman–Crippen LogP) is 4.87. The van der Waals surface area contributed by atoms with Crippen molar-refractivity contribution in [2.24, 2.45) is 28.6 Å². The molecule has 4 aliphatic carbocycles. The van der Waals surface area contributed by atoms with E-state index in [1.807, 2.05) is 51.1 Å². The van der Waals surface area contributed by atoms with Crippen molar-refractivity contribution in [3.8, 4) is 0 Å². The topological polar surface area (TPSA) is 99.1 Å². The second-order valence-electron chi connectivity index (χ2n) is 13.5. The van der Waals surface area contributed by atoms with Gasteiger partial charge in [-0.3, -0.25) is 14.4 Å². The van der Waals surface area contributed by atoms with Crippen molar-refractivity contribution >= 4 is 28.6 Å². The first-order chi connectivity index (χ1) is 19.5. The molecular formula is C32H37FO7S. The number of hydrogen-bond donors (Lipinski definition) is 1. The number of alkyl halides is 1. The lowest BCUT2D eigenvalue weighted by Gasteiger charge is -2.64. The molecule has 0 radical (unpaired) electrons. The Morgan fingerprint density at radius 1 is 1.12 bits per heavy atom. The van der Waals surface area contributed by atoms with E-state index in [1.54, 1.807) is 6.08 Å². The highest BCUT2D eigenvalue weighted by Gasteiger charge is 2.80. The molecule has 220 valence electrons. The molecule has 0 spiro atoms. The van der Waals surface area contributed by atoms with E-state index >= 15 is 4.39 Å². The normalized spacial score (nSPS) is 48.5. The lowest BCUT2D eigenvalue weighted by molar-refractivity contribution is -0.240. The molecule has 6 aliphatic rings. The molecule has 0 aromatic heterocycles. The van der Waals surface area contributed by atoms with Gasteiger partial charge in [-0.05, 0) is 43.6 Å². The van der Waals surface area contributed by atoms with Gasteiger partial charge in [0.1, 0.15) is 10.9 Å². The summed E-state index contributed by atoms with van der Waals surface area (Å²) in [4.78, 5) is 39.2. The third kappa shape index (κ3) is 3.52. The maximum Gasteiger partial charge on any atom is 0.319 e. The quantitative estimate of drug-likeness (QED) is 0.503. The number of aliphatic hydroxyl groups excluding tert-OH is 1. The number of benzene rings is 1. The standard InChI is InChI=1S/C32H37FO7S/c1-17-13-22-21-15-25-32(28(37)41-23-10-12-38-26(23)36,40-27(39-25)18-7-5-4-6-8-18)30(21,3)16-24(35)31(22,33)29(2)11-9-19(34)14-20(17)29/h4-8,14,17,21-25,27,35H,9-13,15-16H2,1-3H3/t17-,21?,22?,23-,24-,25+,27+,29-,30-,31-,32-/m0/s1. The molecule has 7 rings (SSSR count). The number of ketones is 1. The molecule has 1 N–H and O–H groups in total. The Bertz CT molecular complexity index is 1330. The van der Waals surface area contributed by atoms with Crippen LogP contribution in [-0.2, 0) is 28.6 Å². The molecule has 7 nitrogen and oxygen atoms in total. The number of ether oxygens (including phenoxy) is 3. The molecular weight excluding hydrogens is 547 g/mol. The molecule has 3 saturated carbocycles. The van der Waals surface area contributed by atoms with Gasteiger partial charge < -0.3 is 19.3 Å². The van der Waals surface area contributed by atoms with Crippen LogP contribution < -0.4 is 0 Å². The molecule has 5 fully saturated rings. The van der Waals surface area contributed by atoms with Crippen molar-refractivity contribution in [1.82, 2.24) is 0 Å². The minimum atomic E-state index is -1.96. The van der Waals surface area contributed by atoms with E-state index in [4.69, 9.17) is 14.2 Å². The number of cyclic esters (lactones) is 1. The summed E-state index contributed by atoms with van der Waals surface area (Å²) in [6, 6.07) is 9.42. The molecule has 0 bridgehead atoms. The number of thioether (sulfide) groups is 1. The van der Waals surface area contributed by atoms with Crippen LogP contribution >= 0.6 is 11.8 Å². The van der Waals surface area contributed by atoms with Crippen molar-refractivity contribution in [1.29, 1.82) is 0 Å². The van der Waals surface area contributed by atoms with Gasteiger partial charge in [0.25, 0.3) is 0 Å². The zero-order valence-corrected chi connectivity index (χ0v) is 24.5. The van der Waals surface area contributed by atoms with Gasteiger partial charge in [0.15, 0.2) is 17.7 Å². The summed E-state index contributed by atoms with van der Waals surface area (Å²) in [7, 11) is 0. The maximum absolute atomic E-state index is 17.8. The average molecular weight is 585 g/mol. The van der Waals surface area contributed by atoms with Crippen molar-refractivity contribution in [3.05, 3.63) is 47.5 Å². The van der Waals surface area contributed by atoms with E-state index in [9.17, 15) is 19.5 Å². The van der Waals surface area contributed by atoms with E-state index in [2.05, 4.69) is 0 Å². The monoisotopic (exact) mass is 584 g/mol. The fourth-order valence-electron chi connectivity index (χ4n) is 9.62. The Labute approximate surface area is 243 Å². The van der Waals surface area contributed by atoms with Crippen molar-refractivity contribution in [2.75, 3.05) is 6.61 Å². The average Bonchev–Trinajstić information content (AvgIpc) is 3.60. The van der Waals surface area contributed by atoms with Crippen LogP contribution in [0.1, 0.15) is 71.1 Å². The lowest BCUT2D eigenvalue weighted by atomic mass is 9.42. The fourth-order valence-corrected chi connectivity index (χ4v) is 10.8. The van der Waals surface area contributed by atoms with Gasteiger partial charge in [-0.2, -0.15) is 0 Å². The minimum Gasteiger partial charge on any atom is -0.465 e. The first-order valence-corrected chi connectivity index (χ1v) is 15.7. The molecule has 2 unspecified atom stereocenters. The number of carbonyl (C=O) groups is 3. The minimum absolute atomic E-state index is 0.0117. The zero-order chi connectivity index (χ0) is 28.9. The Morgan fingerprint density at radius 2 is 1.88 bits per heavy atom. The largest absolute Gasteiger partial charge is 0.465 e. The lowest BCUT2D eigenvalue weighted by Crippen LogP contribution is -2.70. The molecule has 2 saturated heterocycles. The molecule has 41 heavy (non-hydrogen) atoms. The predicted molar refractivity (Wildman–Crippen MR) is 148 cm³/mol.